The molecule has 0 atom stereocenters. The average Bonchev–Trinajstić information content (AvgIpc) is 2.97. The summed E-state index contributed by atoms with van der Waals surface area (Å²) >= 11 is 1.55. The molecule has 0 fully saturated rings. The normalized spacial score (nSPS) is 15.8. The topological polar surface area (TPSA) is 0 Å². The first kappa shape index (κ1) is 21.5. The Hall–Kier alpha value is 0.203. The predicted molar refractivity (Wildman–Crippen MR) is 76.2 cm³/mol. The van der Waals surface area contributed by atoms with Crippen LogP contribution in [0.4, 0.5) is 0 Å². The standard InChI is InChI=1S/C7H5P.C5H5.C3H6.2ClH.Zr/c1-2-6-4-5-8-7(6)3-1;1-2-4-5-3-1;1-3-2;;;/h1-5H;1-3H,4H2;1-2H3;2*1H;/q;-1;;;;+2/p-2. The largest absolute Gasteiger partial charge is 1.00 e. The maximum Gasteiger partial charge on any atom is -0.109 e. The summed E-state index contributed by atoms with van der Waals surface area (Å²) in [5.74, 6) is 2.17. The third-order valence-corrected chi connectivity index (χ3v) is 2.86. The Bertz CT molecular complexity index is 415. The molecule has 4 heteroatoms. The van der Waals surface area contributed by atoms with Gasteiger partial charge in [0.1, 0.15) is 0 Å². The molecule has 2 aliphatic carbocycles. The van der Waals surface area contributed by atoms with Crippen molar-refractivity contribution in [1.29, 1.82) is 0 Å². The van der Waals surface area contributed by atoms with Crippen molar-refractivity contribution in [3.63, 3.8) is 0 Å². The number of rotatable bonds is 0. The molecule has 0 nitrogen and oxygen atoms in total. The van der Waals surface area contributed by atoms with Crippen molar-refractivity contribution < 1.29 is 49.0 Å². The van der Waals surface area contributed by atoms with Gasteiger partial charge in [0.05, 0.1) is 0 Å². The molecule has 1 heterocycles. The Balaban J connectivity index is 0. The number of allylic oxidation sites excluding steroid dienone is 10. The third-order valence-electron chi connectivity index (χ3n) is 1.88. The molecule has 0 aromatic carbocycles. The quantitative estimate of drug-likeness (QED) is 0.339. The molecule has 3 rings (SSSR count). The third kappa shape index (κ3) is 10.6. The van der Waals surface area contributed by atoms with Crippen LogP contribution in [-0.4, -0.2) is 9.00 Å². The predicted octanol–water partition coefficient (Wildman–Crippen LogP) is -1.81. The maximum atomic E-state index is 2.99. The van der Waals surface area contributed by atoms with Gasteiger partial charge in [-0.1, -0.05) is 20.4 Å². The van der Waals surface area contributed by atoms with E-state index in [-0.39, 0.29) is 24.8 Å². The zero-order valence-electron chi connectivity index (χ0n) is 11.0. The second-order valence-corrected chi connectivity index (χ2v) is 7.31. The monoisotopic (exact) mass is 387 g/mol. The van der Waals surface area contributed by atoms with E-state index in [0.717, 1.165) is 6.42 Å². The van der Waals surface area contributed by atoms with Gasteiger partial charge >= 0.3 is 41.3 Å². The summed E-state index contributed by atoms with van der Waals surface area (Å²) < 4.78 is 1.51. The van der Waals surface area contributed by atoms with E-state index in [4.69, 9.17) is 0 Å². The summed E-state index contributed by atoms with van der Waals surface area (Å²) in [6.07, 6.45) is 18.6. The molecule has 0 radical (unpaired) electrons. The van der Waals surface area contributed by atoms with Gasteiger partial charge in [0.2, 0.25) is 0 Å². The van der Waals surface area contributed by atoms with Gasteiger partial charge in [0, 0.05) is 5.31 Å². The summed E-state index contributed by atoms with van der Waals surface area (Å²) in [6.45, 7) is 4.25. The first-order chi connectivity index (χ1) is 8.20. The Kier molecular flexibility index (Phi) is 14.9. The first-order valence-electron chi connectivity index (χ1n) is 5.56. The maximum absolute atomic E-state index is 2.99. The fourth-order valence-corrected chi connectivity index (χ4v) is 2.09. The molecule has 0 saturated heterocycles. The van der Waals surface area contributed by atoms with Crippen LogP contribution < -0.4 is 24.8 Å². The summed E-state index contributed by atoms with van der Waals surface area (Å²) in [6, 6.07) is 0. The van der Waals surface area contributed by atoms with Crippen LogP contribution in [0, 0.1) is 6.08 Å². The molecule has 0 spiro atoms. The number of hydrogen-bond donors (Lipinski definition) is 0. The molecular formula is C15H16Cl2PZr-. The summed E-state index contributed by atoms with van der Waals surface area (Å²) in [4.78, 5) is 0. The molecule has 0 bridgehead atoms. The van der Waals surface area contributed by atoms with Crippen molar-refractivity contribution in [2.75, 3.05) is 0 Å². The van der Waals surface area contributed by atoms with Gasteiger partial charge in [-0.3, -0.25) is 6.08 Å². The van der Waals surface area contributed by atoms with Crippen molar-refractivity contribution >= 4 is 17.2 Å². The van der Waals surface area contributed by atoms with Crippen molar-refractivity contribution in [2.45, 2.75) is 20.3 Å². The van der Waals surface area contributed by atoms with E-state index in [0.29, 0.717) is 0 Å². The Morgan fingerprint density at radius 1 is 1.21 bits per heavy atom. The van der Waals surface area contributed by atoms with Crippen LogP contribution in [0.25, 0.3) is 0 Å². The van der Waals surface area contributed by atoms with E-state index >= 15 is 0 Å². The number of fused-ring (bicyclic) bond motifs is 1. The molecule has 100 valence electrons. The average molecular weight is 389 g/mol. The van der Waals surface area contributed by atoms with E-state index in [2.05, 4.69) is 56.1 Å². The SMILES string of the molecule is C1=CC2=CC=PC2=C1.C[C](C)=[Zr+2].[C-]1=CC=CC1.[Cl-].[Cl-]. The van der Waals surface area contributed by atoms with E-state index < -0.39 is 0 Å². The van der Waals surface area contributed by atoms with Crippen molar-refractivity contribution in [1.82, 2.24) is 0 Å². The van der Waals surface area contributed by atoms with E-state index in [1.807, 2.05) is 12.2 Å². The summed E-state index contributed by atoms with van der Waals surface area (Å²) in [7, 11) is 1.36. The Morgan fingerprint density at radius 3 is 2.32 bits per heavy atom. The number of hydrogen-bond acceptors (Lipinski definition) is 0. The van der Waals surface area contributed by atoms with Crippen LogP contribution in [0.15, 0.2) is 53.4 Å². The fourth-order valence-electron chi connectivity index (χ4n) is 1.22. The van der Waals surface area contributed by atoms with Crippen LogP contribution in [0.1, 0.15) is 20.3 Å². The van der Waals surface area contributed by atoms with Crippen LogP contribution in [0.2, 0.25) is 0 Å². The molecule has 0 unspecified atom stereocenters. The molecule has 0 N–H and O–H groups in total. The van der Waals surface area contributed by atoms with E-state index in [9.17, 15) is 0 Å². The van der Waals surface area contributed by atoms with Gasteiger partial charge in [-0.25, -0.2) is 12.2 Å². The van der Waals surface area contributed by atoms with Crippen molar-refractivity contribution in [2.24, 2.45) is 0 Å². The zero-order chi connectivity index (χ0) is 12.5. The van der Waals surface area contributed by atoms with Gasteiger partial charge in [0.25, 0.3) is 0 Å². The van der Waals surface area contributed by atoms with E-state index in [1.54, 1.807) is 24.2 Å². The van der Waals surface area contributed by atoms with Crippen molar-refractivity contribution in [3.05, 3.63) is 59.5 Å². The van der Waals surface area contributed by atoms with Gasteiger partial charge in [-0.15, -0.1) is 6.42 Å². The molecule has 0 aromatic rings. The Labute approximate surface area is 145 Å². The van der Waals surface area contributed by atoms with Crippen LogP contribution >= 0.6 is 8.20 Å². The van der Waals surface area contributed by atoms with Crippen LogP contribution in [0.3, 0.4) is 0 Å². The van der Waals surface area contributed by atoms with Gasteiger partial charge in [0.15, 0.2) is 0 Å². The minimum Gasteiger partial charge on any atom is -1.00 e. The smallest absolute Gasteiger partial charge is 0.109 e. The Morgan fingerprint density at radius 2 is 1.89 bits per heavy atom. The molecule has 1 aliphatic heterocycles. The second-order valence-electron chi connectivity index (χ2n) is 3.81. The molecular weight excluding hydrogens is 373 g/mol. The van der Waals surface area contributed by atoms with Crippen molar-refractivity contribution in [3.8, 4) is 0 Å². The van der Waals surface area contributed by atoms with Crippen LogP contribution in [-0.2, 0) is 24.2 Å². The minimum atomic E-state index is 0. The summed E-state index contributed by atoms with van der Waals surface area (Å²) in [5, 5.41) is 1.45. The first-order valence-corrected chi connectivity index (χ1v) is 7.76. The minimum absolute atomic E-state index is 0. The zero-order valence-corrected chi connectivity index (χ0v) is 15.9. The summed E-state index contributed by atoms with van der Waals surface area (Å²) in [5.41, 5.74) is 1.40. The molecule has 19 heavy (non-hydrogen) atoms. The fraction of sp³-hybridized carbons (Fsp3) is 0.200. The van der Waals surface area contributed by atoms with Gasteiger partial charge in [-0.2, -0.15) is 6.08 Å². The molecule has 0 amide bonds. The molecule has 0 saturated carbocycles. The van der Waals surface area contributed by atoms with Crippen LogP contribution in [0.5, 0.6) is 0 Å². The number of halogens is 2. The second kappa shape index (κ2) is 13.2. The van der Waals surface area contributed by atoms with Gasteiger partial charge < -0.3 is 24.8 Å². The van der Waals surface area contributed by atoms with E-state index in [1.165, 1.54) is 22.3 Å². The molecule has 0 aromatic heterocycles. The molecule has 3 aliphatic rings. The van der Waals surface area contributed by atoms with Gasteiger partial charge in [-0.05, 0) is 23.5 Å².